The largest absolute Gasteiger partial charge is 0.484 e. The summed E-state index contributed by atoms with van der Waals surface area (Å²) in [4.78, 5) is 18.8. The highest BCUT2D eigenvalue weighted by molar-refractivity contribution is 5.90. The number of anilines is 1. The highest BCUT2D eigenvalue weighted by Gasteiger charge is 2.09. The molecular formula is C15H13N5O2. The molecule has 1 aromatic carbocycles. The zero-order valence-electron chi connectivity index (χ0n) is 11.6. The number of aromatic nitrogens is 4. The minimum absolute atomic E-state index is 0.108. The van der Waals surface area contributed by atoms with Gasteiger partial charge in [0, 0.05) is 6.20 Å². The maximum absolute atomic E-state index is 11.8. The molecule has 0 atom stereocenters. The summed E-state index contributed by atoms with van der Waals surface area (Å²) in [6.07, 6.45) is 1.66. The van der Waals surface area contributed by atoms with Crippen LogP contribution in [0, 0.1) is 0 Å². The molecule has 2 aromatic heterocycles. The first-order chi connectivity index (χ1) is 10.8. The van der Waals surface area contributed by atoms with Gasteiger partial charge in [0.2, 0.25) is 5.95 Å². The number of hydrogen-bond acceptors (Lipinski definition) is 5. The van der Waals surface area contributed by atoms with Crippen LogP contribution in [0.5, 0.6) is 5.75 Å². The van der Waals surface area contributed by atoms with E-state index in [4.69, 9.17) is 4.74 Å². The van der Waals surface area contributed by atoms with E-state index in [1.54, 1.807) is 24.4 Å². The summed E-state index contributed by atoms with van der Waals surface area (Å²) in [6.45, 7) is -0.108. The number of aromatic amines is 1. The van der Waals surface area contributed by atoms with Gasteiger partial charge in [-0.25, -0.2) is 0 Å². The molecule has 110 valence electrons. The fourth-order valence-electron chi connectivity index (χ4n) is 1.77. The van der Waals surface area contributed by atoms with Gasteiger partial charge >= 0.3 is 0 Å². The second-order valence-corrected chi connectivity index (χ2v) is 4.39. The molecule has 0 unspecified atom stereocenters. The van der Waals surface area contributed by atoms with Crippen molar-refractivity contribution >= 4 is 11.9 Å². The Balaban J connectivity index is 1.57. The minimum Gasteiger partial charge on any atom is -0.484 e. The van der Waals surface area contributed by atoms with Crippen LogP contribution in [-0.4, -0.2) is 32.7 Å². The van der Waals surface area contributed by atoms with Gasteiger partial charge in [-0.15, -0.1) is 10.2 Å². The Morgan fingerprint density at radius 3 is 2.68 bits per heavy atom. The van der Waals surface area contributed by atoms with Gasteiger partial charge in [0.05, 0.1) is 0 Å². The number of nitrogens with one attached hydrogen (secondary N) is 2. The summed E-state index contributed by atoms with van der Waals surface area (Å²) in [7, 11) is 0. The second kappa shape index (κ2) is 6.49. The van der Waals surface area contributed by atoms with Crippen molar-refractivity contribution in [3.8, 4) is 17.3 Å². The van der Waals surface area contributed by atoms with Gasteiger partial charge < -0.3 is 9.72 Å². The van der Waals surface area contributed by atoms with Crippen LogP contribution < -0.4 is 10.1 Å². The topological polar surface area (TPSA) is 92.8 Å². The molecule has 22 heavy (non-hydrogen) atoms. The fourth-order valence-corrected chi connectivity index (χ4v) is 1.77. The van der Waals surface area contributed by atoms with Crippen LogP contribution in [0.3, 0.4) is 0 Å². The zero-order chi connectivity index (χ0) is 15.2. The van der Waals surface area contributed by atoms with Crippen LogP contribution in [0.2, 0.25) is 0 Å². The summed E-state index contributed by atoms with van der Waals surface area (Å²) < 4.78 is 5.34. The average Bonchev–Trinajstić information content (AvgIpc) is 3.03. The lowest BCUT2D eigenvalue weighted by atomic mass is 10.3. The molecule has 2 heterocycles. The lowest BCUT2D eigenvalue weighted by molar-refractivity contribution is -0.118. The van der Waals surface area contributed by atoms with Crippen molar-refractivity contribution < 1.29 is 9.53 Å². The van der Waals surface area contributed by atoms with E-state index in [1.165, 1.54) is 0 Å². The van der Waals surface area contributed by atoms with E-state index in [-0.39, 0.29) is 18.5 Å². The third-order valence-electron chi connectivity index (χ3n) is 2.77. The lowest BCUT2D eigenvalue weighted by Crippen LogP contribution is -2.20. The third-order valence-corrected chi connectivity index (χ3v) is 2.77. The highest BCUT2D eigenvalue weighted by Crippen LogP contribution is 2.12. The van der Waals surface area contributed by atoms with Gasteiger partial charge in [-0.2, -0.15) is 0 Å². The summed E-state index contributed by atoms with van der Waals surface area (Å²) in [5.74, 6) is 1.04. The Labute approximate surface area is 126 Å². The molecule has 0 aliphatic rings. The Morgan fingerprint density at radius 1 is 1.09 bits per heavy atom. The summed E-state index contributed by atoms with van der Waals surface area (Å²) >= 11 is 0. The van der Waals surface area contributed by atoms with E-state index in [1.807, 2.05) is 30.3 Å². The Kier molecular flexibility index (Phi) is 4.05. The number of carbonyl (C=O) groups is 1. The molecule has 0 spiro atoms. The number of hydrogen-bond donors (Lipinski definition) is 2. The molecule has 0 fully saturated rings. The number of H-pyrrole nitrogens is 1. The van der Waals surface area contributed by atoms with Gasteiger partial charge in [-0.1, -0.05) is 24.3 Å². The number of pyridine rings is 1. The van der Waals surface area contributed by atoms with Crippen molar-refractivity contribution in [2.75, 3.05) is 11.9 Å². The molecular weight excluding hydrogens is 282 g/mol. The van der Waals surface area contributed by atoms with Crippen LogP contribution >= 0.6 is 0 Å². The number of amides is 1. The maximum Gasteiger partial charge on any atom is 0.264 e. The van der Waals surface area contributed by atoms with E-state index in [0.29, 0.717) is 17.3 Å². The van der Waals surface area contributed by atoms with Gasteiger partial charge in [0.25, 0.3) is 5.91 Å². The highest BCUT2D eigenvalue weighted by atomic mass is 16.5. The van der Waals surface area contributed by atoms with E-state index in [9.17, 15) is 4.79 Å². The maximum atomic E-state index is 11.8. The van der Waals surface area contributed by atoms with Crippen molar-refractivity contribution in [1.29, 1.82) is 0 Å². The fraction of sp³-hybridized carbons (Fsp3) is 0.0667. The lowest BCUT2D eigenvalue weighted by Gasteiger charge is -2.04. The number of carbonyl (C=O) groups excluding carboxylic acids is 1. The van der Waals surface area contributed by atoms with Crippen LogP contribution in [0.25, 0.3) is 11.5 Å². The second-order valence-electron chi connectivity index (χ2n) is 4.39. The number of rotatable bonds is 5. The molecule has 0 bridgehead atoms. The number of nitrogens with zero attached hydrogens (tertiary/aromatic N) is 3. The van der Waals surface area contributed by atoms with Crippen LogP contribution in [0.4, 0.5) is 5.95 Å². The average molecular weight is 295 g/mol. The summed E-state index contributed by atoms with van der Waals surface area (Å²) in [5, 5.41) is 10.4. The normalized spacial score (nSPS) is 10.2. The summed E-state index contributed by atoms with van der Waals surface area (Å²) in [5.41, 5.74) is 0.649. The molecule has 3 rings (SSSR count). The van der Waals surface area contributed by atoms with Crippen molar-refractivity contribution in [1.82, 2.24) is 20.2 Å². The SMILES string of the molecule is O=C(COc1ccccc1)Nc1nnc(-c2ccccn2)[nH]1. The van der Waals surface area contributed by atoms with Crippen molar-refractivity contribution in [3.05, 3.63) is 54.7 Å². The summed E-state index contributed by atoms with van der Waals surface area (Å²) in [6, 6.07) is 14.6. The first kappa shape index (κ1) is 13.7. The quantitative estimate of drug-likeness (QED) is 0.749. The standard InChI is InChI=1S/C15H13N5O2/c21-13(10-22-11-6-2-1-3-7-11)17-15-18-14(19-20-15)12-8-4-5-9-16-12/h1-9H,10H2,(H2,17,18,19,20,21). The predicted molar refractivity (Wildman–Crippen MR) is 80.2 cm³/mol. The smallest absolute Gasteiger partial charge is 0.264 e. The molecule has 7 heteroatoms. The van der Waals surface area contributed by atoms with Crippen molar-refractivity contribution in [2.24, 2.45) is 0 Å². The van der Waals surface area contributed by atoms with Crippen LogP contribution in [-0.2, 0) is 4.79 Å². The molecule has 0 saturated heterocycles. The molecule has 0 aliphatic carbocycles. The number of benzene rings is 1. The third kappa shape index (κ3) is 3.45. The number of ether oxygens (including phenoxy) is 1. The molecule has 7 nitrogen and oxygen atoms in total. The zero-order valence-corrected chi connectivity index (χ0v) is 11.6. The van der Waals surface area contributed by atoms with E-state index < -0.39 is 0 Å². The van der Waals surface area contributed by atoms with E-state index in [0.717, 1.165) is 0 Å². The Morgan fingerprint density at radius 2 is 1.91 bits per heavy atom. The first-order valence-electron chi connectivity index (χ1n) is 6.63. The molecule has 1 amide bonds. The van der Waals surface area contributed by atoms with Gasteiger partial charge in [0.15, 0.2) is 12.4 Å². The minimum atomic E-state index is -0.326. The Hall–Kier alpha value is -3.22. The van der Waals surface area contributed by atoms with Crippen LogP contribution in [0.1, 0.15) is 0 Å². The van der Waals surface area contributed by atoms with Gasteiger partial charge in [-0.3, -0.25) is 15.1 Å². The monoisotopic (exact) mass is 295 g/mol. The van der Waals surface area contributed by atoms with E-state index >= 15 is 0 Å². The van der Waals surface area contributed by atoms with E-state index in [2.05, 4.69) is 25.5 Å². The van der Waals surface area contributed by atoms with Gasteiger partial charge in [-0.05, 0) is 24.3 Å². The predicted octanol–water partition coefficient (Wildman–Crippen LogP) is 1.88. The molecule has 2 N–H and O–H groups in total. The number of para-hydroxylation sites is 1. The molecule has 3 aromatic rings. The van der Waals surface area contributed by atoms with Crippen LogP contribution in [0.15, 0.2) is 54.7 Å². The first-order valence-corrected chi connectivity index (χ1v) is 6.63. The molecule has 0 saturated carbocycles. The molecule has 0 aliphatic heterocycles. The van der Waals surface area contributed by atoms with Crippen molar-refractivity contribution in [3.63, 3.8) is 0 Å². The molecule has 0 radical (unpaired) electrons. The Bertz CT molecular complexity index is 743. The van der Waals surface area contributed by atoms with Crippen molar-refractivity contribution in [2.45, 2.75) is 0 Å². The van der Waals surface area contributed by atoms with Gasteiger partial charge in [0.1, 0.15) is 11.4 Å².